The van der Waals surface area contributed by atoms with Crippen LogP contribution in [0.5, 0.6) is 0 Å². The number of dihydropyridines is 1. The van der Waals surface area contributed by atoms with Crippen molar-refractivity contribution in [3.8, 4) is 0 Å². The normalized spacial score (nSPS) is 25.2. The van der Waals surface area contributed by atoms with E-state index in [0.717, 1.165) is 18.5 Å². The molecule has 4 rings (SSSR count). The largest absolute Gasteiger partial charge is 0.456 e. The van der Waals surface area contributed by atoms with Crippen molar-refractivity contribution >= 4 is 11.8 Å². The van der Waals surface area contributed by atoms with Crippen molar-refractivity contribution in [1.29, 1.82) is 0 Å². The van der Waals surface area contributed by atoms with Gasteiger partial charge in [0.25, 0.3) is 0 Å². The van der Waals surface area contributed by atoms with Crippen molar-refractivity contribution in [3.05, 3.63) is 58.2 Å². The van der Waals surface area contributed by atoms with Crippen LogP contribution in [0.15, 0.2) is 46.8 Å². The van der Waals surface area contributed by atoms with Gasteiger partial charge in [0.05, 0.1) is 11.3 Å². The number of carbonyl (C=O) groups excluding carboxylic acids is 2. The van der Waals surface area contributed by atoms with Crippen LogP contribution in [0.25, 0.3) is 0 Å². The van der Waals surface area contributed by atoms with Gasteiger partial charge < -0.3 is 10.1 Å². The van der Waals surface area contributed by atoms with Crippen LogP contribution in [0, 0.1) is 11.2 Å². The predicted octanol–water partition coefficient (Wildman–Crippen LogP) is 2.97. The van der Waals surface area contributed by atoms with Crippen LogP contribution in [0.1, 0.15) is 38.2 Å². The summed E-state index contributed by atoms with van der Waals surface area (Å²) in [7, 11) is 0. The first kappa shape index (κ1) is 15.1. The maximum atomic E-state index is 13.8. The minimum atomic E-state index is -0.561. The number of Topliss-reactive ketones (excluding diaryl/α,β-unsaturated/α-hetero) is 1. The number of halogens is 1. The molecule has 0 saturated carbocycles. The highest BCUT2D eigenvalue weighted by molar-refractivity contribution is 6.07. The lowest BCUT2D eigenvalue weighted by Gasteiger charge is -2.38. The summed E-state index contributed by atoms with van der Waals surface area (Å²) in [6.07, 6.45) is 1.47. The fourth-order valence-corrected chi connectivity index (χ4v) is 3.78. The zero-order valence-electron chi connectivity index (χ0n) is 13.6. The number of nitrogens with one attached hydrogen (secondary N) is 1. The summed E-state index contributed by atoms with van der Waals surface area (Å²) in [5, 5.41) is 3.23. The maximum absolute atomic E-state index is 13.8. The Morgan fingerprint density at radius 1 is 1.21 bits per heavy atom. The second-order valence-electron chi connectivity index (χ2n) is 7.19. The third-order valence-electron chi connectivity index (χ3n) is 5.14. The highest BCUT2D eigenvalue weighted by atomic mass is 19.1. The summed E-state index contributed by atoms with van der Waals surface area (Å²) in [5.41, 5.74) is 2.67. The molecule has 5 heteroatoms. The molecule has 1 aromatic carbocycles. The number of allylic oxidation sites excluding steroid dienone is 2. The zero-order chi connectivity index (χ0) is 17.1. The summed E-state index contributed by atoms with van der Waals surface area (Å²) in [4.78, 5) is 25.4. The van der Waals surface area contributed by atoms with Crippen LogP contribution in [0.4, 0.5) is 4.39 Å². The van der Waals surface area contributed by atoms with Gasteiger partial charge >= 0.3 is 5.97 Å². The molecule has 0 amide bonds. The van der Waals surface area contributed by atoms with Gasteiger partial charge in [-0.2, -0.15) is 0 Å². The number of rotatable bonds is 1. The Kier molecular flexibility index (Phi) is 3.17. The molecular weight excluding hydrogens is 309 g/mol. The van der Waals surface area contributed by atoms with Crippen LogP contribution in [-0.4, -0.2) is 18.4 Å². The molecule has 124 valence electrons. The number of hydrogen-bond donors (Lipinski definition) is 1. The summed E-state index contributed by atoms with van der Waals surface area (Å²) < 4.78 is 19.0. The van der Waals surface area contributed by atoms with Crippen LogP contribution >= 0.6 is 0 Å². The summed E-state index contributed by atoms with van der Waals surface area (Å²) in [6, 6.07) is 6.11. The fourth-order valence-electron chi connectivity index (χ4n) is 3.78. The van der Waals surface area contributed by atoms with Gasteiger partial charge in [0, 0.05) is 22.6 Å². The molecule has 3 aliphatic rings. The number of hydrogen-bond acceptors (Lipinski definition) is 4. The van der Waals surface area contributed by atoms with Gasteiger partial charge in [-0.25, -0.2) is 9.18 Å². The predicted molar refractivity (Wildman–Crippen MR) is 85.3 cm³/mol. The van der Waals surface area contributed by atoms with E-state index < -0.39 is 17.3 Å². The zero-order valence-corrected chi connectivity index (χ0v) is 13.6. The lowest BCUT2D eigenvalue weighted by Crippen LogP contribution is -2.39. The van der Waals surface area contributed by atoms with E-state index in [1.807, 2.05) is 13.8 Å². The van der Waals surface area contributed by atoms with Crippen LogP contribution < -0.4 is 5.32 Å². The SMILES string of the molecule is CC1(C)CCC2=C(C1=O)C(c1cccc(F)c1)C1=C(COC1=O)N2. The summed E-state index contributed by atoms with van der Waals surface area (Å²) >= 11 is 0. The second kappa shape index (κ2) is 5.03. The van der Waals surface area contributed by atoms with E-state index in [4.69, 9.17) is 4.74 Å². The van der Waals surface area contributed by atoms with Gasteiger partial charge in [-0.05, 0) is 30.5 Å². The molecule has 1 aliphatic carbocycles. The average Bonchev–Trinajstić information content (AvgIpc) is 2.91. The van der Waals surface area contributed by atoms with E-state index in [1.54, 1.807) is 12.1 Å². The van der Waals surface area contributed by atoms with Gasteiger partial charge in [-0.15, -0.1) is 0 Å². The number of carbonyl (C=O) groups is 2. The van der Waals surface area contributed by atoms with Crippen LogP contribution in [0.2, 0.25) is 0 Å². The van der Waals surface area contributed by atoms with E-state index in [9.17, 15) is 14.0 Å². The van der Waals surface area contributed by atoms with Crippen LogP contribution in [-0.2, 0) is 14.3 Å². The highest BCUT2D eigenvalue weighted by Crippen LogP contribution is 2.48. The monoisotopic (exact) mass is 327 g/mol. The van der Waals surface area contributed by atoms with E-state index in [-0.39, 0.29) is 18.2 Å². The Labute approximate surface area is 139 Å². The minimum absolute atomic E-state index is 0.0109. The summed E-state index contributed by atoms with van der Waals surface area (Å²) in [5.74, 6) is -1.37. The molecule has 1 N–H and O–H groups in total. The Hall–Kier alpha value is -2.43. The van der Waals surface area contributed by atoms with Gasteiger partial charge in [-0.3, -0.25) is 4.79 Å². The Morgan fingerprint density at radius 3 is 2.75 bits per heavy atom. The third kappa shape index (κ3) is 2.11. The Bertz CT molecular complexity index is 835. The van der Waals surface area contributed by atoms with Crippen molar-refractivity contribution < 1.29 is 18.7 Å². The van der Waals surface area contributed by atoms with Gasteiger partial charge in [0.2, 0.25) is 0 Å². The lowest BCUT2D eigenvalue weighted by atomic mass is 9.67. The molecule has 0 fully saturated rings. The minimum Gasteiger partial charge on any atom is -0.456 e. The number of ether oxygens (including phenoxy) is 1. The number of esters is 1. The lowest BCUT2D eigenvalue weighted by molar-refractivity contribution is -0.136. The van der Waals surface area contributed by atoms with Crippen molar-refractivity contribution in [2.24, 2.45) is 5.41 Å². The molecule has 4 nitrogen and oxygen atoms in total. The molecule has 0 saturated heterocycles. The first-order valence-electron chi connectivity index (χ1n) is 8.09. The van der Waals surface area contributed by atoms with Crippen molar-refractivity contribution in [2.45, 2.75) is 32.6 Å². The fraction of sp³-hybridized carbons (Fsp3) is 0.368. The highest BCUT2D eigenvalue weighted by Gasteiger charge is 2.47. The molecule has 0 spiro atoms. The molecule has 2 aliphatic heterocycles. The molecule has 1 atom stereocenters. The van der Waals surface area contributed by atoms with E-state index in [1.165, 1.54) is 12.1 Å². The maximum Gasteiger partial charge on any atom is 0.337 e. The smallest absolute Gasteiger partial charge is 0.337 e. The molecule has 1 aromatic rings. The quantitative estimate of drug-likeness (QED) is 0.806. The Balaban J connectivity index is 1.92. The van der Waals surface area contributed by atoms with Crippen molar-refractivity contribution in [1.82, 2.24) is 5.32 Å². The molecule has 0 aromatic heterocycles. The number of benzene rings is 1. The van der Waals surface area contributed by atoms with E-state index >= 15 is 0 Å². The first-order valence-corrected chi connectivity index (χ1v) is 8.09. The molecule has 0 radical (unpaired) electrons. The Morgan fingerprint density at radius 2 is 2.00 bits per heavy atom. The molecular formula is C19H18FNO3. The topological polar surface area (TPSA) is 55.4 Å². The van der Waals surface area contributed by atoms with Gasteiger partial charge in [-0.1, -0.05) is 26.0 Å². The van der Waals surface area contributed by atoms with E-state index in [0.29, 0.717) is 22.4 Å². The first-order chi connectivity index (χ1) is 11.4. The van der Waals surface area contributed by atoms with Crippen LogP contribution in [0.3, 0.4) is 0 Å². The average molecular weight is 327 g/mol. The molecule has 1 unspecified atom stereocenters. The van der Waals surface area contributed by atoms with Gasteiger partial charge in [0.15, 0.2) is 5.78 Å². The van der Waals surface area contributed by atoms with Gasteiger partial charge in [0.1, 0.15) is 12.4 Å². The molecule has 0 bridgehead atoms. The number of ketones is 1. The van der Waals surface area contributed by atoms with E-state index in [2.05, 4.69) is 5.32 Å². The summed E-state index contributed by atoms with van der Waals surface area (Å²) in [6.45, 7) is 4.01. The molecule has 24 heavy (non-hydrogen) atoms. The number of cyclic esters (lactones) is 1. The standard InChI is InChI=1S/C19H18FNO3/c1-19(2)7-6-12-15(17(19)22)14(10-4-3-5-11(20)8-10)16-13(21-12)9-24-18(16)23/h3-5,8,14,21H,6-7,9H2,1-2H3. The van der Waals surface area contributed by atoms with Crippen molar-refractivity contribution in [2.75, 3.05) is 6.61 Å². The third-order valence-corrected chi connectivity index (χ3v) is 5.14. The molecule has 2 heterocycles. The van der Waals surface area contributed by atoms with Crippen molar-refractivity contribution in [3.63, 3.8) is 0 Å². The second-order valence-corrected chi connectivity index (χ2v) is 7.19.